The first-order valence-electron chi connectivity index (χ1n) is 10.4. The molecule has 0 saturated carbocycles. The van der Waals surface area contributed by atoms with Crippen molar-refractivity contribution in [2.45, 2.75) is 58.1 Å². The van der Waals surface area contributed by atoms with Crippen molar-refractivity contribution < 1.29 is 14.6 Å². The van der Waals surface area contributed by atoms with Crippen LogP contribution in [0.3, 0.4) is 0 Å². The summed E-state index contributed by atoms with van der Waals surface area (Å²) in [5, 5.41) is 12.9. The molecular formula is C24H32N2O3. The summed E-state index contributed by atoms with van der Waals surface area (Å²) >= 11 is 0. The Bertz CT molecular complexity index is 795. The number of aliphatic hydroxyl groups is 1. The van der Waals surface area contributed by atoms with Crippen molar-refractivity contribution in [2.75, 3.05) is 13.2 Å². The first-order chi connectivity index (χ1) is 13.8. The molecule has 0 radical (unpaired) electrons. The van der Waals surface area contributed by atoms with Gasteiger partial charge in [-0.25, -0.2) is 0 Å². The zero-order chi connectivity index (χ0) is 20.9. The zero-order valence-electron chi connectivity index (χ0n) is 17.6. The number of amides is 1. The van der Waals surface area contributed by atoms with Crippen molar-refractivity contribution in [3.63, 3.8) is 0 Å². The molecule has 5 nitrogen and oxygen atoms in total. The van der Waals surface area contributed by atoms with Crippen LogP contribution in [0.5, 0.6) is 0 Å². The van der Waals surface area contributed by atoms with Crippen LogP contribution in [0, 0.1) is 5.41 Å². The van der Waals surface area contributed by atoms with E-state index in [-0.39, 0.29) is 5.91 Å². The fourth-order valence-corrected chi connectivity index (χ4v) is 4.23. The van der Waals surface area contributed by atoms with Crippen LogP contribution in [0.25, 0.3) is 11.1 Å². The summed E-state index contributed by atoms with van der Waals surface area (Å²) in [5.74, 6) is 0.0599. The molecule has 3 rings (SSSR count). The summed E-state index contributed by atoms with van der Waals surface area (Å²) in [6.45, 7) is 6.88. The zero-order valence-corrected chi connectivity index (χ0v) is 17.6. The van der Waals surface area contributed by atoms with Gasteiger partial charge >= 0.3 is 0 Å². The number of hydrogen-bond donors (Lipinski definition) is 2. The minimum absolute atomic E-state index is 0.0599. The number of rotatable bonds is 7. The summed E-state index contributed by atoms with van der Waals surface area (Å²) < 4.78 is 5.56. The van der Waals surface area contributed by atoms with Crippen LogP contribution < -0.4 is 5.32 Å². The number of nitrogens with one attached hydrogen (secondary N) is 1. The smallest absolute Gasteiger partial charge is 0.227 e. The SMILES string of the molecule is C[C@@H](O)CC(C)(C)NC(=O)C1(Cc2ccc(-c3ccncc3)cc2)CCOCC1. The number of carbonyl (C=O) groups excluding carboxylic acids is 1. The summed E-state index contributed by atoms with van der Waals surface area (Å²) in [6, 6.07) is 12.4. The molecule has 0 unspecified atom stereocenters. The minimum Gasteiger partial charge on any atom is -0.393 e. The highest BCUT2D eigenvalue weighted by Gasteiger charge is 2.42. The van der Waals surface area contributed by atoms with E-state index in [0.717, 1.165) is 16.7 Å². The van der Waals surface area contributed by atoms with Crippen LogP contribution >= 0.6 is 0 Å². The van der Waals surface area contributed by atoms with Gasteiger partial charge in [0.2, 0.25) is 5.91 Å². The molecule has 5 heteroatoms. The molecule has 2 N–H and O–H groups in total. The van der Waals surface area contributed by atoms with Crippen LogP contribution in [0.15, 0.2) is 48.8 Å². The van der Waals surface area contributed by atoms with E-state index in [9.17, 15) is 9.90 Å². The van der Waals surface area contributed by atoms with Gasteiger partial charge in [0.25, 0.3) is 0 Å². The van der Waals surface area contributed by atoms with Crippen LogP contribution in [-0.4, -0.2) is 40.9 Å². The Balaban J connectivity index is 1.77. The Hall–Kier alpha value is -2.24. The molecule has 1 saturated heterocycles. The maximum absolute atomic E-state index is 13.4. The molecule has 1 aliphatic heterocycles. The quantitative estimate of drug-likeness (QED) is 0.748. The number of aliphatic hydroxyl groups excluding tert-OH is 1. The van der Waals surface area contributed by atoms with Crippen molar-refractivity contribution in [1.29, 1.82) is 0 Å². The van der Waals surface area contributed by atoms with Gasteiger partial charge in [-0.05, 0) is 75.3 Å². The highest BCUT2D eigenvalue weighted by molar-refractivity contribution is 5.83. The van der Waals surface area contributed by atoms with E-state index in [1.165, 1.54) is 0 Å². The third-order valence-electron chi connectivity index (χ3n) is 5.70. The average molecular weight is 397 g/mol. The van der Waals surface area contributed by atoms with E-state index < -0.39 is 17.1 Å². The number of benzene rings is 1. The molecule has 0 spiro atoms. The second kappa shape index (κ2) is 9.06. The van der Waals surface area contributed by atoms with Crippen molar-refractivity contribution in [2.24, 2.45) is 5.41 Å². The summed E-state index contributed by atoms with van der Waals surface area (Å²) in [5.41, 5.74) is 2.48. The third-order valence-corrected chi connectivity index (χ3v) is 5.70. The lowest BCUT2D eigenvalue weighted by Gasteiger charge is -2.39. The van der Waals surface area contributed by atoms with E-state index in [2.05, 4.69) is 34.6 Å². The highest BCUT2D eigenvalue weighted by atomic mass is 16.5. The number of ether oxygens (including phenoxy) is 1. The largest absolute Gasteiger partial charge is 0.393 e. The molecule has 0 bridgehead atoms. The lowest BCUT2D eigenvalue weighted by Crippen LogP contribution is -2.54. The molecule has 29 heavy (non-hydrogen) atoms. The van der Waals surface area contributed by atoms with Gasteiger partial charge in [0.05, 0.1) is 11.5 Å². The third kappa shape index (κ3) is 5.64. The van der Waals surface area contributed by atoms with Gasteiger partial charge in [0, 0.05) is 31.1 Å². The van der Waals surface area contributed by atoms with Crippen molar-refractivity contribution in [3.05, 3.63) is 54.4 Å². The van der Waals surface area contributed by atoms with Crippen molar-refractivity contribution in [3.8, 4) is 11.1 Å². The van der Waals surface area contributed by atoms with Gasteiger partial charge in [-0.15, -0.1) is 0 Å². The van der Waals surface area contributed by atoms with Crippen LogP contribution in [0.1, 0.15) is 45.6 Å². The van der Waals surface area contributed by atoms with Gasteiger partial charge in [-0.1, -0.05) is 24.3 Å². The van der Waals surface area contributed by atoms with Crippen molar-refractivity contribution >= 4 is 5.91 Å². The monoisotopic (exact) mass is 396 g/mol. The Labute approximate surface area is 173 Å². The molecule has 1 aliphatic rings. The van der Waals surface area contributed by atoms with E-state index in [0.29, 0.717) is 38.9 Å². The molecule has 156 valence electrons. The Morgan fingerprint density at radius 3 is 2.31 bits per heavy atom. The first kappa shape index (κ1) is 21.5. The topological polar surface area (TPSA) is 71.5 Å². The van der Waals surface area contributed by atoms with Gasteiger partial charge in [-0.3, -0.25) is 9.78 Å². The van der Waals surface area contributed by atoms with Crippen molar-refractivity contribution in [1.82, 2.24) is 10.3 Å². The van der Waals surface area contributed by atoms with E-state index >= 15 is 0 Å². The predicted molar refractivity (Wildman–Crippen MR) is 114 cm³/mol. The fraction of sp³-hybridized carbons (Fsp3) is 0.500. The lowest BCUT2D eigenvalue weighted by molar-refractivity contribution is -0.138. The predicted octanol–water partition coefficient (Wildman–Crippen LogP) is 3.75. The molecule has 2 heterocycles. The molecule has 1 amide bonds. The Morgan fingerprint density at radius 1 is 1.14 bits per heavy atom. The van der Waals surface area contributed by atoms with Crippen LogP contribution in [0.2, 0.25) is 0 Å². The Kier molecular flexibility index (Phi) is 6.70. The number of nitrogens with zero attached hydrogens (tertiary/aromatic N) is 1. The molecule has 2 aromatic rings. The maximum Gasteiger partial charge on any atom is 0.227 e. The normalized spacial score (nSPS) is 17.5. The van der Waals surface area contributed by atoms with Gasteiger partial charge < -0.3 is 15.2 Å². The molecule has 1 aromatic heterocycles. The molecule has 1 atom stereocenters. The van der Waals surface area contributed by atoms with E-state index in [1.54, 1.807) is 19.3 Å². The summed E-state index contributed by atoms with van der Waals surface area (Å²) in [4.78, 5) is 17.4. The number of aromatic nitrogens is 1. The average Bonchev–Trinajstić information content (AvgIpc) is 2.68. The van der Waals surface area contributed by atoms with Crippen LogP contribution in [-0.2, 0) is 16.0 Å². The number of hydrogen-bond acceptors (Lipinski definition) is 4. The molecule has 1 fully saturated rings. The maximum atomic E-state index is 13.4. The standard InChI is InChI=1S/C24H32N2O3/c1-18(27)16-23(2,3)26-22(28)24(10-14-29-15-11-24)17-19-4-6-20(7-5-19)21-8-12-25-13-9-21/h4-9,12-13,18,27H,10-11,14-17H2,1-3H3,(H,26,28)/t18-/m1/s1. The molecular weight excluding hydrogens is 364 g/mol. The van der Waals surface area contributed by atoms with Gasteiger partial charge in [-0.2, -0.15) is 0 Å². The van der Waals surface area contributed by atoms with E-state index in [4.69, 9.17) is 4.74 Å². The van der Waals surface area contributed by atoms with Crippen LogP contribution in [0.4, 0.5) is 0 Å². The first-order valence-corrected chi connectivity index (χ1v) is 10.4. The van der Waals surface area contributed by atoms with Gasteiger partial charge in [0.15, 0.2) is 0 Å². The lowest BCUT2D eigenvalue weighted by atomic mass is 9.73. The summed E-state index contributed by atoms with van der Waals surface area (Å²) in [6.07, 6.45) is 5.73. The minimum atomic E-state index is -0.480. The molecule has 1 aromatic carbocycles. The summed E-state index contributed by atoms with van der Waals surface area (Å²) in [7, 11) is 0. The number of carbonyl (C=O) groups is 1. The number of pyridine rings is 1. The second-order valence-corrected chi connectivity index (χ2v) is 8.89. The molecule has 0 aliphatic carbocycles. The highest BCUT2D eigenvalue weighted by Crippen LogP contribution is 2.36. The second-order valence-electron chi connectivity index (χ2n) is 8.89. The fourth-order valence-electron chi connectivity index (χ4n) is 4.23. The van der Waals surface area contributed by atoms with Gasteiger partial charge in [0.1, 0.15) is 0 Å². The van der Waals surface area contributed by atoms with E-state index in [1.807, 2.05) is 26.0 Å². The Morgan fingerprint density at radius 2 is 1.72 bits per heavy atom.